The molecule has 0 aliphatic rings. The topological polar surface area (TPSA) is 54.7 Å². The quantitative estimate of drug-likeness (QED) is 0.714. The first kappa shape index (κ1) is 13.9. The van der Waals surface area contributed by atoms with Crippen molar-refractivity contribution in [2.45, 2.75) is 0 Å². The number of benzene rings is 2. The Bertz CT molecular complexity index is 797. The Labute approximate surface area is 130 Å². The maximum Gasteiger partial charge on any atom is 0.153 e. The summed E-state index contributed by atoms with van der Waals surface area (Å²) in [6, 6.07) is 11.7. The van der Waals surface area contributed by atoms with Gasteiger partial charge in [0, 0.05) is 10.6 Å². The molecule has 3 N–H and O–H groups in total. The minimum absolute atomic E-state index is 0.0244. The maximum atomic E-state index is 13.6. The molecule has 0 aliphatic heterocycles. The monoisotopic (exact) mass is 321 g/mol. The van der Waals surface area contributed by atoms with Gasteiger partial charge in [0.1, 0.15) is 5.82 Å². The van der Waals surface area contributed by atoms with Gasteiger partial charge >= 0.3 is 0 Å². The fraction of sp³-hybridized carbons (Fsp3) is 0. The molecule has 2 aromatic carbocycles. The summed E-state index contributed by atoms with van der Waals surface area (Å²) in [6.07, 6.45) is 0. The molecular formula is C15H10Cl2FN3. The lowest BCUT2D eigenvalue weighted by molar-refractivity contribution is 0.628. The molecule has 0 radical (unpaired) electrons. The Morgan fingerprint density at radius 3 is 2.48 bits per heavy atom. The van der Waals surface area contributed by atoms with Crippen LogP contribution in [-0.2, 0) is 0 Å². The zero-order valence-electron chi connectivity index (χ0n) is 10.7. The third-order valence-electron chi connectivity index (χ3n) is 3.15. The van der Waals surface area contributed by atoms with Gasteiger partial charge in [0.25, 0.3) is 0 Å². The summed E-state index contributed by atoms with van der Waals surface area (Å²) in [5.41, 5.74) is 8.49. The number of hydrogen-bond donors (Lipinski definition) is 2. The average Bonchev–Trinajstić information content (AvgIpc) is 2.85. The van der Waals surface area contributed by atoms with Crippen LogP contribution in [0.25, 0.3) is 22.4 Å². The Kier molecular flexibility index (Phi) is 3.57. The number of rotatable bonds is 2. The van der Waals surface area contributed by atoms with Crippen LogP contribution in [0.15, 0.2) is 42.5 Å². The van der Waals surface area contributed by atoms with E-state index in [4.69, 9.17) is 28.9 Å². The molecule has 3 rings (SSSR count). The summed E-state index contributed by atoms with van der Waals surface area (Å²) in [7, 11) is 0. The van der Waals surface area contributed by atoms with E-state index in [2.05, 4.69) is 10.2 Å². The van der Waals surface area contributed by atoms with Gasteiger partial charge in [0.2, 0.25) is 0 Å². The van der Waals surface area contributed by atoms with E-state index >= 15 is 0 Å². The second-order valence-corrected chi connectivity index (χ2v) is 5.28. The molecule has 3 aromatic rings. The molecule has 0 amide bonds. The fourth-order valence-corrected chi connectivity index (χ4v) is 2.50. The smallest absolute Gasteiger partial charge is 0.153 e. The number of halogens is 3. The molecule has 0 saturated heterocycles. The van der Waals surface area contributed by atoms with Crippen molar-refractivity contribution in [3.8, 4) is 22.4 Å². The Balaban J connectivity index is 2.22. The SMILES string of the molecule is Nc1n[nH]c(-c2cccc(F)c2Cl)c1-c1ccc(Cl)cc1. The number of nitrogens with two attached hydrogens (primary N) is 1. The molecule has 0 bridgehead atoms. The lowest BCUT2D eigenvalue weighted by atomic mass is 10.0. The molecule has 0 unspecified atom stereocenters. The summed E-state index contributed by atoms with van der Waals surface area (Å²) < 4.78 is 13.6. The standard InChI is InChI=1S/C15H10Cl2FN3/c16-9-6-4-8(5-7-9)12-14(20-21-15(12)19)10-2-1-3-11(18)13(10)17/h1-7H,(H3,19,20,21). The van der Waals surface area contributed by atoms with Crippen molar-refractivity contribution in [2.24, 2.45) is 0 Å². The van der Waals surface area contributed by atoms with Crippen LogP contribution >= 0.6 is 23.2 Å². The predicted octanol–water partition coefficient (Wildman–Crippen LogP) is 4.77. The second kappa shape index (κ2) is 5.39. The number of anilines is 1. The van der Waals surface area contributed by atoms with Crippen LogP contribution in [0.5, 0.6) is 0 Å². The first-order valence-electron chi connectivity index (χ1n) is 6.12. The summed E-state index contributed by atoms with van der Waals surface area (Å²) in [6.45, 7) is 0. The highest BCUT2D eigenvalue weighted by Crippen LogP contribution is 2.38. The molecule has 6 heteroatoms. The highest BCUT2D eigenvalue weighted by molar-refractivity contribution is 6.33. The molecule has 0 atom stereocenters. The van der Waals surface area contributed by atoms with E-state index in [1.807, 2.05) is 12.1 Å². The number of H-pyrrole nitrogens is 1. The van der Waals surface area contributed by atoms with E-state index in [9.17, 15) is 4.39 Å². The Morgan fingerprint density at radius 2 is 1.76 bits per heavy atom. The normalized spacial score (nSPS) is 10.8. The largest absolute Gasteiger partial charge is 0.382 e. The average molecular weight is 322 g/mol. The van der Waals surface area contributed by atoms with Gasteiger partial charge in [-0.25, -0.2) is 4.39 Å². The van der Waals surface area contributed by atoms with Gasteiger partial charge in [0.05, 0.1) is 16.3 Å². The van der Waals surface area contributed by atoms with E-state index in [-0.39, 0.29) is 5.02 Å². The van der Waals surface area contributed by atoms with Crippen molar-refractivity contribution in [1.82, 2.24) is 10.2 Å². The van der Waals surface area contributed by atoms with Gasteiger partial charge in [-0.15, -0.1) is 0 Å². The van der Waals surface area contributed by atoms with Gasteiger partial charge in [0.15, 0.2) is 5.82 Å². The minimum Gasteiger partial charge on any atom is -0.382 e. The zero-order valence-corrected chi connectivity index (χ0v) is 12.2. The lowest BCUT2D eigenvalue weighted by Gasteiger charge is -2.07. The number of hydrogen-bond acceptors (Lipinski definition) is 2. The number of nitrogens with one attached hydrogen (secondary N) is 1. The number of aromatic nitrogens is 2. The molecule has 0 fully saturated rings. The molecule has 1 aromatic heterocycles. The van der Waals surface area contributed by atoms with Crippen LogP contribution in [-0.4, -0.2) is 10.2 Å². The maximum absolute atomic E-state index is 13.6. The van der Waals surface area contributed by atoms with Crippen LogP contribution in [0, 0.1) is 5.82 Å². The summed E-state index contributed by atoms with van der Waals surface area (Å²) in [5, 5.41) is 7.45. The lowest BCUT2D eigenvalue weighted by Crippen LogP contribution is -1.90. The van der Waals surface area contributed by atoms with Crippen molar-refractivity contribution < 1.29 is 4.39 Å². The van der Waals surface area contributed by atoms with Gasteiger partial charge in [-0.3, -0.25) is 5.10 Å². The van der Waals surface area contributed by atoms with E-state index < -0.39 is 5.82 Å². The molecule has 0 spiro atoms. The van der Waals surface area contributed by atoms with E-state index in [0.717, 1.165) is 5.56 Å². The zero-order chi connectivity index (χ0) is 15.0. The van der Waals surface area contributed by atoms with Gasteiger partial charge in [-0.05, 0) is 23.8 Å². The first-order valence-corrected chi connectivity index (χ1v) is 6.87. The first-order chi connectivity index (χ1) is 10.1. The van der Waals surface area contributed by atoms with Crippen LogP contribution in [0.4, 0.5) is 10.2 Å². The van der Waals surface area contributed by atoms with Crippen LogP contribution in [0.3, 0.4) is 0 Å². The second-order valence-electron chi connectivity index (χ2n) is 4.47. The van der Waals surface area contributed by atoms with Crippen LogP contribution in [0.2, 0.25) is 10.0 Å². The highest BCUT2D eigenvalue weighted by Gasteiger charge is 2.18. The number of nitrogens with zero attached hydrogens (tertiary/aromatic N) is 1. The van der Waals surface area contributed by atoms with Crippen molar-refractivity contribution in [3.05, 3.63) is 58.3 Å². The van der Waals surface area contributed by atoms with Crippen LogP contribution in [0.1, 0.15) is 0 Å². The molecule has 1 heterocycles. The summed E-state index contributed by atoms with van der Waals surface area (Å²) >= 11 is 11.9. The van der Waals surface area contributed by atoms with Crippen molar-refractivity contribution in [2.75, 3.05) is 5.73 Å². The van der Waals surface area contributed by atoms with E-state index in [1.54, 1.807) is 24.3 Å². The highest BCUT2D eigenvalue weighted by atomic mass is 35.5. The molecular weight excluding hydrogens is 312 g/mol. The van der Waals surface area contributed by atoms with Gasteiger partial charge in [-0.2, -0.15) is 5.10 Å². The van der Waals surface area contributed by atoms with E-state index in [0.29, 0.717) is 27.7 Å². The minimum atomic E-state index is -0.496. The third kappa shape index (κ3) is 2.48. The van der Waals surface area contributed by atoms with Crippen molar-refractivity contribution >= 4 is 29.0 Å². The number of aromatic amines is 1. The molecule has 3 nitrogen and oxygen atoms in total. The number of nitrogen functional groups attached to an aromatic ring is 1. The Hall–Kier alpha value is -2.04. The third-order valence-corrected chi connectivity index (χ3v) is 3.78. The van der Waals surface area contributed by atoms with Gasteiger partial charge < -0.3 is 5.73 Å². The van der Waals surface area contributed by atoms with Crippen molar-refractivity contribution in [3.63, 3.8) is 0 Å². The molecule has 0 saturated carbocycles. The summed E-state index contributed by atoms with van der Waals surface area (Å²) in [4.78, 5) is 0. The van der Waals surface area contributed by atoms with E-state index in [1.165, 1.54) is 6.07 Å². The molecule has 21 heavy (non-hydrogen) atoms. The van der Waals surface area contributed by atoms with Crippen LogP contribution < -0.4 is 5.73 Å². The van der Waals surface area contributed by atoms with Crippen molar-refractivity contribution in [1.29, 1.82) is 0 Å². The fourth-order valence-electron chi connectivity index (χ4n) is 2.16. The van der Waals surface area contributed by atoms with Gasteiger partial charge in [-0.1, -0.05) is 47.5 Å². The summed E-state index contributed by atoms with van der Waals surface area (Å²) in [5.74, 6) is -0.183. The Morgan fingerprint density at radius 1 is 1.05 bits per heavy atom. The molecule has 0 aliphatic carbocycles. The molecule has 106 valence electrons. The predicted molar refractivity (Wildman–Crippen MR) is 83.9 cm³/mol.